The highest BCUT2D eigenvalue weighted by atomic mass is 32.2. The summed E-state index contributed by atoms with van der Waals surface area (Å²) in [5.41, 5.74) is 0.841. The van der Waals surface area contributed by atoms with Gasteiger partial charge in [-0.15, -0.1) is 18.5 Å². The lowest BCUT2D eigenvalue weighted by atomic mass is 9.65. The molecule has 1 aromatic carbocycles. The van der Waals surface area contributed by atoms with Gasteiger partial charge in [0, 0.05) is 5.69 Å². The molecule has 4 fully saturated rings. The minimum Gasteiger partial charge on any atom is -0.352 e. The number of rotatable bonds is 19. The van der Waals surface area contributed by atoms with E-state index >= 15 is 0 Å². The third-order valence-electron chi connectivity index (χ3n) is 15.6. The molecule has 14 atom stereocenters. The monoisotopic (exact) mass is 945 g/mol. The Balaban J connectivity index is 1.84. The van der Waals surface area contributed by atoms with Gasteiger partial charge >= 0.3 is 0 Å². The summed E-state index contributed by atoms with van der Waals surface area (Å²) in [6, 6.07) is 9.89. The zero-order valence-corrected chi connectivity index (χ0v) is 40.5. The number of para-hydroxylation sites is 1. The Labute approximate surface area is 359 Å². The van der Waals surface area contributed by atoms with Crippen molar-refractivity contribution in [3.8, 4) is 0 Å². The highest BCUT2D eigenvalue weighted by Crippen LogP contribution is 2.64. The first-order valence-corrected chi connectivity index (χ1v) is 28.8. The highest BCUT2D eigenvalue weighted by molar-refractivity contribution is 7.87. The van der Waals surface area contributed by atoms with Crippen LogP contribution in [0.5, 0.6) is 0 Å². The second-order valence-corrected chi connectivity index (χ2v) is 27.0. The lowest BCUT2D eigenvalue weighted by Gasteiger charge is -2.65. The second kappa shape index (κ2) is 18.9. The van der Waals surface area contributed by atoms with Gasteiger partial charge in [-0.1, -0.05) is 71.6 Å². The topological polar surface area (TPSA) is 221 Å². The van der Waals surface area contributed by atoms with Gasteiger partial charge in [0.05, 0.1) is 31.6 Å². The maximum Gasteiger partial charge on any atom is 0.267 e. The van der Waals surface area contributed by atoms with E-state index in [-0.39, 0.29) is 98.7 Å². The van der Waals surface area contributed by atoms with E-state index in [1.807, 2.05) is 30.3 Å². The molecule has 0 saturated heterocycles. The lowest BCUT2D eigenvalue weighted by Crippen LogP contribution is -2.69. The minimum atomic E-state index is -4.34. The van der Waals surface area contributed by atoms with Crippen LogP contribution in [0.25, 0.3) is 0 Å². The molecule has 4 N–H and O–H groups in total. The molecule has 13 nitrogen and oxygen atoms in total. The minimum absolute atomic E-state index is 0.177. The van der Waals surface area contributed by atoms with Crippen molar-refractivity contribution in [2.75, 3.05) is 4.90 Å². The van der Waals surface area contributed by atoms with Crippen molar-refractivity contribution in [2.24, 2.45) is 47.3 Å². The SMILES string of the molecule is CCC(C1CCC(S(=O)(=O)O)C1)C(P)(C(CC)C1CCC(S(=O)(=O)O)C1)N(c1ccccc1)C(P)(C(CC)C1CCC(S(=O)(=O)O)C1)C(CC)C1CCC(S(=O)(=O)O)C1. The van der Waals surface area contributed by atoms with Crippen LogP contribution in [0, 0.1) is 47.3 Å². The van der Waals surface area contributed by atoms with Gasteiger partial charge in [-0.2, -0.15) is 33.7 Å². The van der Waals surface area contributed by atoms with E-state index in [2.05, 4.69) is 51.1 Å². The Bertz CT molecular complexity index is 1800. The van der Waals surface area contributed by atoms with Crippen LogP contribution in [0.3, 0.4) is 0 Å². The Morgan fingerprint density at radius 2 is 0.729 bits per heavy atom. The molecule has 5 rings (SSSR count). The predicted octanol–water partition coefficient (Wildman–Crippen LogP) is 7.97. The number of hydrogen-bond donors (Lipinski definition) is 4. The number of nitrogens with zero attached hydrogens (tertiary/aromatic N) is 1. The van der Waals surface area contributed by atoms with E-state index < -0.39 is 72.0 Å². The van der Waals surface area contributed by atoms with E-state index in [1.165, 1.54) is 0 Å². The van der Waals surface area contributed by atoms with Crippen molar-refractivity contribution in [3.05, 3.63) is 30.3 Å². The molecule has 0 spiro atoms. The largest absolute Gasteiger partial charge is 0.352 e. The van der Waals surface area contributed by atoms with Crippen LogP contribution in [0.15, 0.2) is 30.3 Å². The lowest BCUT2D eigenvalue weighted by molar-refractivity contribution is 0.0700. The molecule has 59 heavy (non-hydrogen) atoms. The van der Waals surface area contributed by atoms with Crippen molar-refractivity contribution in [2.45, 2.75) is 162 Å². The third-order valence-corrected chi connectivity index (χ3v) is 22.9. The zero-order chi connectivity index (χ0) is 43.9. The average Bonchev–Trinajstić information content (AvgIpc) is 3.97. The van der Waals surface area contributed by atoms with Gasteiger partial charge in [-0.05, 0) is 137 Å². The van der Waals surface area contributed by atoms with E-state index in [9.17, 15) is 51.9 Å². The molecule has 0 bridgehead atoms. The predicted molar refractivity (Wildman–Crippen MR) is 240 cm³/mol. The van der Waals surface area contributed by atoms with Crippen molar-refractivity contribution in [3.63, 3.8) is 0 Å². The van der Waals surface area contributed by atoms with Crippen LogP contribution in [-0.2, 0) is 40.5 Å². The van der Waals surface area contributed by atoms with Crippen molar-refractivity contribution < 1.29 is 51.9 Å². The van der Waals surface area contributed by atoms with Gasteiger partial charge in [0.25, 0.3) is 40.5 Å². The first-order chi connectivity index (χ1) is 27.4. The number of benzene rings is 1. The molecule has 14 unspecified atom stereocenters. The van der Waals surface area contributed by atoms with Gasteiger partial charge in [0.15, 0.2) is 0 Å². The van der Waals surface area contributed by atoms with Gasteiger partial charge < -0.3 is 4.90 Å². The zero-order valence-electron chi connectivity index (χ0n) is 34.9. The summed E-state index contributed by atoms with van der Waals surface area (Å²) >= 11 is 0. The summed E-state index contributed by atoms with van der Waals surface area (Å²) in [4.78, 5) is 2.48. The fourth-order valence-electron chi connectivity index (χ4n) is 13.2. The van der Waals surface area contributed by atoms with Gasteiger partial charge in [-0.3, -0.25) is 18.2 Å². The van der Waals surface area contributed by atoms with E-state index in [1.54, 1.807) is 0 Å². The van der Waals surface area contributed by atoms with Gasteiger partial charge in [0.1, 0.15) is 0 Å². The van der Waals surface area contributed by atoms with Crippen LogP contribution in [0.1, 0.15) is 130 Å². The fourth-order valence-corrected chi connectivity index (χ4v) is 19.8. The van der Waals surface area contributed by atoms with Crippen LogP contribution in [-0.4, -0.2) is 83.4 Å². The molecular weight excluding hydrogens is 877 g/mol. The van der Waals surface area contributed by atoms with Crippen molar-refractivity contribution in [1.29, 1.82) is 0 Å². The Morgan fingerprint density at radius 3 is 0.915 bits per heavy atom. The molecule has 0 aromatic heterocycles. The standard InChI is InChI=1S/C40H69NO12P2S4/c1-5-35(26-14-18-31(22-26)56(42,43)44)39(54,36(6-2)27-15-19-32(23-27)57(45,46)47)41(30-12-10-9-11-13-30)40(55,37(7-3)28-16-20-33(24-28)58(48,49)50)38(8-4)29-17-21-34(25-29)59(51,52)53/h9-13,26-29,31-38H,5-8,14-25,54-55H2,1-4H3,(H,42,43,44)(H,45,46,47)(H,48,49,50)(H,51,52,53). The molecule has 4 aliphatic carbocycles. The average molecular weight is 946 g/mol. The highest BCUT2D eigenvalue weighted by Gasteiger charge is 2.62. The molecule has 340 valence electrons. The number of hydrogen-bond acceptors (Lipinski definition) is 9. The summed E-state index contributed by atoms with van der Waals surface area (Å²) in [5.74, 6) is -1.68. The fraction of sp³-hybridized carbons (Fsp3) is 0.850. The van der Waals surface area contributed by atoms with Crippen LogP contribution in [0.4, 0.5) is 5.69 Å². The summed E-state index contributed by atoms with van der Waals surface area (Å²) in [5, 5.41) is -5.64. The van der Waals surface area contributed by atoms with Gasteiger partial charge in [-0.25, -0.2) is 0 Å². The quantitative estimate of drug-likeness (QED) is 0.0765. The normalized spacial score (nSPS) is 32.6. The first kappa shape index (κ1) is 49.5. The first-order valence-electron chi connectivity index (χ1n) is 21.6. The molecule has 19 heteroatoms. The summed E-state index contributed by atoms with van der Waals surface area (Å²) in [7, 11) is -10.8. The van der Waals surface area contributed by atoms with E-state index in [0.29, 0.717) is 51.4 Å². The van der Waals surface area contributed by atoms with E-state index in [0.717, 1.165) is 5.69 Å². The van der Waals surface area contributed by atoms with Gasteiger partial charge in [0.2, 0.25) is 0 Å². The molecule has 0 radical (unpaired) electrons. The molecule has 0 amide bonds. The number of anilines is 1. The Kier molecular flexibility index (Phi) is 15.9. The molecule has 1 aromatic rings. The third kappa shape index (κ3) is 10.3. The molecule has 0 aliphatic heterocycles. The second-order valence-electron chi connectivity index (χ2n) is 18.3. The van der Waals surface area contributed by atoms with Crippen molar-refractivity contribution in [1.82, 2.24) is 0 Å². The molecule has 4 aliphatic rings. The Hall–Kier alpha value is -0.480. The van der Waals surface area contributed by atoms with Crippen LogP contribution < -0.4 is 4.90 Å². The molecule has 0 heterocycles. The Morgan fingerprint density at radius 1 is 0.492 bits per heavy atom. The molecular formula is C40H69NO12P2S4. The smallest absolute Gasteiger partial charge is 0.267 e. The van der Waals surface area contributed by atoms with Crippen LogP contribution >= 0.6 is 18.5 Å². The molecule has 4 saturated carbocycles. The van der Waals surface area contributed by atoms with Crippen LogP contribution in [0.2, 0.25) is 0 Å². The summed E-state index contributed by atoms with van der Waals surface area (Å²) in [6.07, 6.45) is 6.61. The maximum atomic E-state index is 12.7. The summed E-state index contributed by atoms with van der Waals surface area (Å²) < 4.78 is 143. The van der Waals surface area contributed by atoms with E-state index in [4.69, 9.17) is 0 Å². The maximum absolute atomic E-state index is 12.7. The summed E-state index contributed by atoms with van der Waals surface area (Å²) in [6.45, 7) is 8.32. The van der Waals surface area contributed by atoms with Crippen molar-refractivity contribution >= 4 is 64.6 Å².